The van der Waals surface area contributed by atoms with E-state index in [1.807, 2.05) is 48.6 Å². The molecule has 0 atom stereocenters. The second kappa shape index (κ2) is 7.57. The maximum absolute atomic E-state index is 12.3. The number of nitrogens with zero attached hydrogens (tertiary/aromatic N) is 1. The summed E-state index contributed by atoms with van der Waals surface area (Å²) in [5.74, 6) is -0.162. The third-order valence-corrected chi connectivity index (χ3v) is 3.64. The van der Waals surface area contributed by atoms with Gasteiger partial charge in [0, 0.05) is 22.5 Å². The standard InChI is InChI=1S/C20H15ClN2O/c21-17-8-11-19(12-9-17)23-20(24)16-5-3-4-15(14-16)7-10-18-6-1-2-13-22-18/h1-14H,(H,23,24)/b10-7+. The molecule has 1 heterocycles. The van der Waals surface area contributed by atoms with Crippen LogP contribution in [-0.2, 0) is 0 Å². The van der Waals surface area contributed by atoms with Gasteiger partial charge in [0.15, 0.2) is 0 Å². The van der Waals surface area contributed by atoms with Crippen LogP contribution in [0.1, 0.15) is 21.6 Å². The molecule has 0 saturated heterocycles. The van der Waals surface area contributed by atoms with E-state index in [9.17, 15) is 4.79 Å². The van der Waals surface area contributed by atoms with E-state index in [1.54, 1.807) is 36.5 Å². The largest absolute Gasteiger partial charge is 0.322 e. The summed E-state index contributed by atoms with van der Waals surface area (Å²) in [5, 5.41) is 3.49. The summed E-state index contributed by atoms with van der Waals surface area (Å²) in [4.78, 5) is 16.6. The monoisotopic (exact) mass is 334 g/mol. The molecule has 3 aromatic rings. The number of hydrogen-bond acceptors (Lipinski definition) is 2. The van der Waals surface area contributed by atoms with E-state index >= 15 is 0 Å². The number of halogens is 1. The number of pyridine rings is 1. The summed E-state index contributed by atoms with van der Waals surface area (Å²) in [6, 6.07) is 20.2. The highest BCUT2D eigenvalue weighted by atomic mass is 35.5. The fraction of sp³-hybridized carbons (Fsp3) is 0. The third-order valence-electron chi connectivity index (χ3n) is 3.39. The van der Waals surface area contributed by atoms with Crippen LogP contribution in [0.5, 0.6) is 0 Å². The number of carbonyl (C=O) groups excluding carboxylic acids is 1. The van der Waals surface area contributed by atoms with Crippen LogP contribution < -0.4 is 5.32 Å². The zero-order valence-corrected chi connectivity index (χ0v) is 13.6. The number of nitrogens with one attached hydrogen (secondary N) is 1. The first-order valence-electron chi connectivity index (χ1n) is 7.47. The minimum atomic E-state index is -0.162. The zero-order valence-electron chi connectivity index (χ0n) is 12.8. The van der Waals surface area contributed by atoms with Crippen LogP contribution in [-0.4, -0.2) is 10.9 Å². The van der Waals surface area contributed by atoms with Gasteiger partial charge >= 0.3 is 0 Å². The van der Waals surface area contributed by atoms with Gasteiger partial charge in [0.05, 0.1) is 5.69 Å². The Morgan fingerprint density at radius 1 is 0.958 bits per heavy atom. The van der Waals surface area contributed by atoms with Gasteiger partial charge in [-0.05, 0) is 60.2 Å². The molecule has 0 aliphatic heterocycles. The van der Waals surface area contributed by atoms with Crippen molar-refractivity contribution < 1.29 is 4.79 Å². The van der Waals surface area contributed by atoms with E-state index < -0.39 is 0 Å². The van der Waals surface area contributed by atoms with Crippen LogP contribution in [0.2, 0.25) is 5.02 Å². The molecule has 24 heavy (non-hydrogen) atoms. The van der Waals surface area contributed by atoms with Gasteiger partial charge in [-0.15, -0.1) is 0 Å². The van der Waals surface area contributed by atoms with Gasteiger partial charge in [-0.1, -0.05) is 35.9 Å². The summed E-state index contributed by atoms with van der Waals surface area (Å²) in [6.45, 7) is 0. The summed E-state index contributed by atoms with van der Waals surface area (Å²) in [6.07, 6.45) is 5.59. The van der Waals surface area contributed by atoms with E-state index in [4.69, 9.17) is 11.6 Å². The summed E-state index contributed by atoms with van der Waals surface area (Å²) < 4.78 is 0. The van der Waals surface area contributed by atoms with Crippen LogP contribution >= 0.6 is 11.6 Å². The molecule has 3 rings (SSSR count). The zero-order chi connectivity index (χ0) is 16.8. The molecule has 0 aliphatic carbocycles. The molecule has 0 fully saturated rings. The van der Waals surface area contributed by atoms with Gasteiger partial charge < -0.3 is 5.32 Å². The number of carbonyl (C=O) groups is 1. The Hall–Kier alpha value is -2.91. The van der Waals surface area contributed by atoms with Crippen molar-refractivity contribution in [3.63, 3.8) is 0 Å². The molecular weight excluding hydrogens is 320 g/mol. The second-order valence-corrected chi connectivity index (χ2v) is 5.61. The Bertz CT molecular complexity index is 858. The Morgan fingerprint density at radius 3 is 2.54 bits per heavy atom. The molecule has 0 spiro atoms. The normalized spacial score (nSPS) is 10.7. The maximum atomic E-state index is 12.3. The van der Waals surface area contributed by atoms with E-state index in [2.05, 4.69) is 10.3 Å². The van der Waals surface area contributed by atoms with Crippen molar-refractivity contribution in [3.05, 3.63) is 94.8 Å². The summed E-state index contributed by atoms with van der Waals surface area (Å²) in [5.41, 5.74) is 3.10. The van der Waals surface area contributed by atoms with Crippen molar-refractivity contribution in [2.24, 2.45) is 0 Å². The lowest BCUT2D eigenvalue weighted by molar-refractivity contribution is 0.102. The Kier molecular flexibility index (Phi) is 5.04. The smallest absolute Gasteiger partial charge is 0.255 e. The third kappa shape index (κ3) is 4.31. The van der Waals surface area contributed by atoms with E-state index in [0.29, 0.717) is 16.3 Å². The fourth-order valence-corrected chi connectivity index (χ4v) is 2.30. The Balaban J connectivity index is 1.73. The molecule has 0 saturated carbocycles. The molecule has 0 aliphatic rings. The summed E-state index contributed by atoms with van der Waals surface area (Å²) >= 11 is 5.85. The molecule has 0 unspecified atom stereocenters. The van der Waals surface area contributed by atoms with Crippen molar-refractivity contribution in [1.82, 2.24) is 4.98 Å². The van der Waals surface area contributed by atoms with Crippen LogP contribution in [0.4, 0.5) is 5.69 Å². The van der Waals surface area contributed by atoms with Gasteiger partial charge in [-0.25, -0.2) is 0 Å². The van der Waals surface area contributed by atoms with Crippen LogP contribution in [0.15, 0.2) is 72.9 Å². The first-order chi connectivity index (χ1) is 11.7. The molecular formula is C20H15ClN2O. The maximum Gasteiger partial charge on any atom is 0.255 e. The van der Waals surface area contributed by atoms with Gasteiger partial charge in [0.25, 0.3) is 5.91 Å². The quantitative estimate of drug-likeness (QED) is 0.716. The Morgan fingerprint density at radius 2 is 1.79 bits per heavy atom. The molecule has 1 N–H and O–H groups in total. The first-order valence-corrected chi connectivity index (χ1v) is 7.84. The number of benzene rings is 2. The highest BCUT2D eigenvalue weighted by molar-refractivity contribution is 6.30. The van der Waals surface area contributed by atoms with Crippen LogP contribution in [0.3, 0.4) is 0 Å². The van der Waals surface area contributed by atoms with Crippen molar-refractivity contribution >= 4 is 35.3 Å². The lowest BCUT2D eigenvalue weighted by atomic mass is 10.1. The molecule has 0 bridgehead atoms. The van der Waals surface area contributed by atoms with Gasteiger partial charge in [-0.3, -0.25) is 9.78 Å². The van der Waals surface area contributed by atoms with Crippen LogP contribution in [0, 0.1) is 0 Å². The van der Waals surface area contributed by atoms with Gasteiger partial charge in [-0.2, -0.15) is 0 Å². The number of rotatable bonds is 4. The SMILES string of the molecule is O=C(Nc1ccc(Cl)cc1)c1cccc(/C=C/c2ccccn2)c1. The second-order valence-electron chi connectivity index (χ2n) is 5.17. The molecule has 118 valence electrons. The minimum absolute atomic E-state index is 0.162. The van der Waals surface area contributed by atoms with Gasteiger partial charge in [0.2, 0.25) is 0 Å². The lowest BCUT2D eigenvalue weighted by Crippen LogP contribution is -2.11. The summed E-state index contributed by atoms with van der Waals surface area (Å²) in [7, 11) is 0. The lowest BCUT2D eigenvalue weighted by Gasteiger charge is -2.06. The number of amides is 1. The van der Waals surface area contributed by atoms with E-state index in [1.165, 1.54) is 0 Å². The molecule has 0 radical (unpaired) electrons. The van der Waals surface area contributed by atoms with E-state index in [0.717, 1.165) is 11.3 Å². The Labute approximate surface area is 145 Å². The van der Waals surface area contributed by atoms with Gasteiger partial charge in [0.1, 0.15) is 0 Å². The highest BCUT2D eigenvalue weighted by Gasteiger charge is 2.06. The molecule has 1 aromatic heterocycles. The minimum Gasteiger partial charge on any atom is -0.322 e. The molecule has 4 heteroatoms. The predicted molar refractivity (Wildman–Crippen MR) is 99.0 cm³/mol. The number of aromatic nitrogens is 1. The highest BCUT2D eigenvalue weighted by Crippen LogP contribution is 2.15. The van der Waals surface area contributed by atoms with Crippen molar-refractivity contribution in [3.8, 4) is 0 Å². The van der Waals surface area contributed by atoms with E-state index in [-0.39, 0.29) is 5.91 Å². The van der Waals surface area contributed by atoms with Crippen molar-refractivity contribution in [1.29, 1.82) is 0 Å². The average Bonchev–Trinajstić information content (AvgIpc) is 2.63. The average molecular weight is 335 g/mol. The molecule has 2 aromatic carbocycles. The predicted octanol–water partition coefficient (Wildman–Crippen LogP) is 5.16. The molecule has 3 nitrogen and oxygen atoms in total. The van der Waals surface area contributed by atoms with Crippen LogP contribution in [0.25, 0.3) is 12.2 Å². The molecule has 1 amide bonds. The number of anilines is 1. The van der Waals surface area contributed by atoms with Crippen molar-refractivity contribution in [2.45, 2.75) is 0 Å². The number of hydrogen-bond donors (Lipinski definition) is 1. The first kappa shape index (κ1) is 16.0. The van der Waals surface area contributed by atoms with Crippen molar-refractivity contribution in [2.75, 3.05) is 5.32 Å². The topological polar surface area (TPSA) is 42.0 Å². The fourth-order valence-electron chi connectivity index (χ4n) is 2.18.